The van der Waals surface area contributed by atoms with Crippen molar-refractivity contribution in [3.05, 3.63) is 36.5 Å². The number of hydrogen-bond acceptors (Lipinski definition) is 9. The van der Waals surface area contributed by atoms with Crippen LogP contribution in [0, 0.1) is 0 Å². The smallest absolute Gasteiger partial charge is 0.249 e. The summed E-state index contributed by atoms with van der Waals surface area (Å²) in [6.45, 7) is 3.56. The molecular weight excluding hydrogens is 698 g/mol. The molecule has 0 saturated carbocycles. The van der Waals surface area contributed by atoms with Crippen LogP contribution in [0.4, 0.5) is 0 Å². The van der Waals surface area contributed by atoms with Crippen LogP contribution in [-0.2, 0) is 14.3 Å². The van der Waals surface area contributed by atoms with Crippen molar-refractivity contribution in [2.75, 3.05) is 13.2 Å². The topological polar surface area (TPSA) is 169 Å². The van der Waals surface area contributed by atoms with Crippen LogP contribution < -0.4 is 5.32 Å². The van der Waals surface area contributed by atoms with E-state index in [-0.39, 0.29) is 6.61 Å². The van der Waals surface area contributed by atoms with Crippen LogP contribution in [0.5, 0.6) is 0 Å². The fraction of sp³-hybridized carbons (Fsp3) is 0.844. The van der Waals surface area contributed by atoms with Gasteiger partial charge in [-0.2, -0.15) is 0 Å². The van der Waals surface area contributed by atoms with Crippen molar-refractivity contribution < 1.29 is 44.9 Å². The van der Waals surface area contributed by atoms with Crippen molar-refractivity contribution in [1.29, 1.82) is 0 Å². The highest BCUT2D eigenvalue weighted by Crippen LogP contribution is 2.22. The van der Waals surface area contributed by atoms with Gasteiger partial charge in [0.2, 0.25) is 5.91 Å². The molecule has 10 nitrogen and oxygen atoms in total. The van der Waals surface area contributed by atoms with E-state index < -0.39 is 61.5 Å². The van der Waals surface area contributed by atoms with E-state index in [0.29, 0.717) is 19.3 Å². The molecule has 1 saturated heterocycles. The maximum Gasteiger partial charge on any atom is 0.249 e. The molecule has 0 aliphatic carbocycles. The van der Waals surface area contributed by atoms with Crippen LogP contribution in [-0.4, -0.2) is 98.7 Å². The summed E-state index contributed by atoms with van der Waals surface area (Å²) in [6, 6.07) is -0.999. The molecule has 1 rings (SSSR count). The number of nitrogens with one attached hydrogen (secondary N) is 1. The highest BCUT2D eigenvalue weighted by atomic mass is 16.7. The minimum absolute atomic E-state index is 0.303. The number of carbonyl (C=O) groups excluding carboxylic acids is 1. The number of rotatable bonds is 36. The Labute approximate surface area is 334 Å². The lowest BCUT2D eigenvalue weighted by Gasteiger charge is -2.40. The molecule has 0 aromatic rings. The zero-order valence-electron chi connectivity index (χ0n) is 34.8. The van der Waals surface area contributed by atoms with Crippen molar-refractivity contribution >= 4 is 5.91 Å². The van der Waals surface area contributed by atoms with Crippen LogP contribution in [0.25, 0.3) is 0 Å². The zero-order valence-corrected chi connectivity index (χ0v) is 34.8. The molecule has 0 radical (unpaired) electrons. The summed E-state index contributed by atoms with van der Waals surface area (Å²) >= 11 is 0. The molecule has 8 atom stereocenters. The van der Waals surface area contributed by atoms with Gasteiger partial charge in [-0.3, -0.25) is 4.79 Å². The van der Waals surface area contributed by atoms with Gasteiger partial charge in [0.15, 0.2) is 6.29 Å². The Morgan fingerprint density at radius 2 is 1.07 bits per heavy atom. The van der Waals surface area contributed by atoms with E-state index in [1.54, 1.807) is 6.08 Å². The van der Waals surface area contributed by atoms with Gasteiger partial charge in [-0.05, 0) is 44.9 Å². The Hall–Kier alpha value is -1.63. The Morgan fingerprint density at radius 3 is 1.58 bits per heavy atom. The highest BCUT2D eigenvalue weighted by molar-refractivity contribution is 5.80. The Morgan fingerprint density at radius 1 is 0.618 bits per heavy atom. The Bertz CT molecular complexity index is 974. The molecule has 322 valence electrons. The molecule has 1 amide bonds. The van der Waals surface area contributed by atoms with E-state index in [1.807, 2.05) is 6.08 Å². The second-order valence-corrected chi connectivity index (χ2v) is 15.6. The number of carbonyl (C=O) groups is 1. The maximum atomic E-state index is 13.0. The summed E-state index contributed by atoms with van der Waals surface area (Å²) in [4.78, 5) is 13.0. The summed E-state index contributed by atoms with van der Waals surface area (Å²) < 4.78 is 11.1. The minimum Gasteiger partial charge on any atom is -0.394 e. The molecule has 0 spiro atoms. The fourth-order valence-corrected chi connectivity index (χ4v) is 6.84. The molecule has 8 unspecified atom stereocenters. The van der Waals surface area contributed by atoms with Gasteiger partial charge in [-0.25, -0.2) is 0 Å². The van der Waals surface area contributed by atoms with Crippen LogP contribution >= 0.6 is 0 Å². The average Bonchev–Trinajstić information content (AvgIpc) is 3.18. The van der Waals surface area contributed by atoms with E-state index in [0.717, 1.165) is 44.9 Å². The molecular formula is C45H83NO9. The third-order valence-electron chi connectivity index (χ3n) is 10.6. The van der Waals surface area contributed by atoms with Gasteiger partial charge in [0.1, 0.15) is 30.5 Å². The van der Waals surface area contributed by atoms with Crippen LogP contribution in [0.2, 0.25) is 0 Å². The number of amides is 1. The molecule has 1 heterocycles. The summed E-state index contributed by atoms with van der Waals surface area (Å²) in [5.74, 6) is -0.631. The second-order valence-electron chi connectivity index (χ2n) is 15.6. The van der Waals surface area contributed by atoms with E-state index in [9.17, 15) is 35.4 Å². The minimum atomic E-state index is -1.62. The van der Waals surface area contributed by atoms with E-state index in [2.05, 4.69) is 43.5 Å². The SMILES string of the molecule is CCCCCCCCC/C=C/CC/C=C/CC/C=C/C(O)C(COC1OC(CO)C(O)C(O)C1O)NC(=O)C(O)CCCCCCCCCCCCCCC. The van der Waals surface area contributed by atoms with Gasteiger partial charge in [0.05, 0.1) is 25.4 Å². The summed E-state index contributed by atoms with van der Waals surface area (Å²) in [5.41, 5.74) is 0. The van der Waals surface area contributed by atoms with Crippen LogP contribution in [0.15, 0.2) is 36.5 Å². The lowest BCUT2D eigenvalue weighted by molar-refractivity contribution is -0.302. The van der Waals surface area contributed by atoms with Gasteiger partial charge in [-0.15, -0.1) is 0 Å². The first kappa shape index (κ1) is 51.4. The van der Waals surface area contributed by atoms with Gasteiger partial charge < -0.3 is 45.4 Å². The number of ether oxygens (including phenoxy) is 2. The predicted octanol–water partition coefficient (Wildman–Crippen LogP) is 7.86. The molecule has 0 aromatic carbocycles. The molecule has 1 aliphatic rings. The second kappa shape index (κ2) is 35.5. The van der Waals surface area contributed by atoms with E-state index >= 15 is 0 Å². The largest absolute Gasteiger partial charge is 0.394 e. The predicted molar refractivity (Wildman–Crippen MR) is 222 cm³/mol. The quantitative estimate of drug-likeness (QED) is 0.0247. The third-order valence-corrected chi connectivity index (χ3v) is 10.6. The van der Waals surface area contributed by atoms with Crippen LogP contribution in [0.3, 0.4) is 0 Å². The van der Waals surface area contributed by atoms with Gasteiger partial charge in [-0.1, -0.05) is 172 Å². The standard InChI is InChI=1S/C45H83NO9/c1-3-5-7-9-11-13-15-17-18-19-20-22-23-25-27-29-31-33-38(48)37(36-54-45-43(52)42(51)41(50)40(35-47)55-45)46-44(53)39(49)34-32-30-28-26-24-21-16-14-12-10-8-6-4-2/h18-19,23,25,31,33,37-43,45,47-52H,3-17,20-22,24,26-30,32,34-36H2,1-2H3,(H,46,53)/b19-18+,25-23+,33-31+. The van der Waals surface area contributed by atoms with E-state index in [4.69, 9.17) is 9.47 Å². The third kappa shape index (κ3) is 26.1. The number of unbranched alkanes of at least 4 members (excludes halogenated alkanes) is 21. The number of allylic oxidation sites excluding steroid dienone is 5. The van der Waals surface area contributed by atoms with Crippen molar-refractivity contribution in [2.45, 2.75) is 230 Å². The molecule has 55 heavy (non-hydrogen) atoms. The number of hydrogen-bond donors (Lipinski definition) is 7. The molecule has 7 N–H and O–H groups in total. The lowest BCUT2D eigenvalue weighted by Crippen LogP contribution is -2.60. The first-order chi connectivity index (χ1) is 26.8. The lowest BCUT2D eigenvalue weighted by atomic mass is 9.99. The summed E-state index contributed by atoms with van der Waals surface area (Å²) in [6.07, 6.45) is 32.3. The van der Waals surface area contributed by atoms with E-state index in [1.165, 1.54) is 103 Å². The van der Waals surface area contributed by atoms with Crippen molar-refractivity contribution in [2.24, 2.45) is 0 Å². The Balaban J connectivity index is 2.49. The van der Waals surface area contributed by atoms with Crippen LogP contribution in [0.1, 0.15) is 181 Å². The highest BCUT2D eigenvalue weighted by Gasteiger charge is 2.44. The molecule has 10 heteroatoms. The van der Waals surface area contributed by atoms with Gasteiger partial charge in [0, 0.05) is 0 Å². The molecule has 0 bridgehead atoms. The normalized spacial score (nSPS) is 22.2. The van der Waals surface area contributed by atoms with Crippen molar-refractivity contribution in [1.82, 2.24) is 5.32 Å². The Kier molecular flexibility index (Phi) is 33.2. The molecule has 1 fully saturated rings. The molecule has 1 aliphatic heterocycles. The fourth-order valence-electron chi connectivity index (χ4n) is 6.84. The van der Waals surface area contributed by atoms with Crippen molar-refractivity contribution in [3.63, 3.8) is 0 Å². The van der Waals surface area contributed by atoms with Gasteiger partial charge in [0.25, 0.3) is 0 Å². The first-order valence-corrected chi connectivity index (χ1v) is 22.3. The maximum absolute atomic E-state index is 13.0. The number of aliphatic hydroxyl groups excluding tert-OH is 6. The van der Waals surface area contributed by atoms with Gasteiger partial charge >= 0.3 is 0 Å². The number of aliphatic hydroxyl groups is 6. The monoisotopic (exact) mass is 782 g/mol. The average molecular weight is 782 g/mol. The van der Waals surface area contributed by atoms with Crippen molar-refractivity contribution in [3.8, 4) is 0 Å². The first-order valence-electron chi connectivity index (χ1n) is 22.3. The summed E-state index contributed by atoms with van der Waals surface area (Å²) in [5, 5.41) is 64.5. The zero-order chi connectivity index (χ0) is 40.4. The molecule has 0 aromatic heterocycles. The summed E-state index contributed by atoms with van der Waals surface area (Å²) in [7, 11) is 0.